The maximum absolute atomic E-state index is 5.97. The molecule has 2 aromatic carbocycles. The first-order chi connectivity index (χ1) is 7.84. The average Bonchev–Trinajstić information content (AvgIpc) is 2.76. The van der Waals surface area contributed by atoms with Crippen LogP contribution in [-0.4, -0.2) is 6.61 Å². The Bertz CT molecular complexity index is 534. The molecule has 16 heavy (non-hydrogen) atoms. The molecule has 80 valence electrons. The summed E-state index contributed by atoms with van der Waals surface area (Å²) in [5.41, 5.74) is 10.3. The largest absolute Gasteiger partial charge is 0.493 e. The van der Waals surface area contributed by atoms with Gasteiger partial charge in [-0.3, -0.25) is 0 Å². The van der Waals surface area contributed by atoms with E-state index in [0.717, 1.165) is 30.0 Å². The minimum absolute atomic E-state index is 0.795. The standard InChI is InChI=1S/C14H13NO/c15-13-4-2-1-3-12(13)10-5-6-14-11(9-10)7-8-16-14/h1-6,9H,7-8,15H2. The molecule has 0 spiro atoms. The molecule has 2 aromatic rings. The number of anilines is 1. The highest BCUT2D eigenvalue weighted by Crippen LogP contribution is 2.32. The van der Waals surface area contributed by atoms with Gasteiger partial charge >= 0.3 is 0 Å². The summed E-state index contributed by atoms with van der Waals surface area (Å²) in [6.07, 6.45) is 0.996. The van der Waals surface area contributed by atoms with Crippen LogP contribution in [0.25, 0.3) is 11.1 Å². The molecule has 1 heterocycles. The van der Waals surface area contributed by atoms with Gasteiger partial charge in [0.25, 0.3) is 0 Å². The van der Waals surface area contributed by atoms with E-state index in [1.165, 1.54) is 11.1 Å². The van der Waals surface area contributed by atoms with Gasteiger partial charge in [-0.1, -0.05) is 24.3 Å². The molecule has 0 radical (unpaired) electrons. The molecule has 0 aliphatic carbocycles. The second-order valence-corrected chi connectivity index (χ2v) is 4.01. The first-order valence-electron chi connectivity index (χ1n) is 5.45. The molecule has 3 rings (SSSR count). The van der Waals surface area contributed by atoms with Crippen molar-refractivity contribution in [3.05, 3.63) is 48.0 Å². The van der Waals surface area contributed by atoms with Crippen LogP contribution in [-0.2, 0) is 6.42 Å². The van der Waals surface area contributed by atoms with Crippen molar-refractivity contribution in [1.82, 2.24) is 0 Å². The summed E-state index contributed by atoms with van der Waals surface area (Å²) in [7, 11) is 0. The quantitative estimate of drug-likeness (QED) is 0.736. The van der Waals surface area contributed by atoms with Gasteiger partial charge in [0.1, 0.15) is 5.75 Å². The van der Waals surface area contributed by atoms with E-state index in [4.69, 9.17) is 10.5 Å². The number of rotatable bonds is 1. The number of fused-ring (bicyclic) bond motifs is 1. The first kappa shape index (κ1) is 9.28. The summed E-state index contributed by atoms with van der Waals surface area (Å²) in [6, 6.07) is 14.2. The number of para-hydroxylation sites is 1. The third kappa shape index (κ3) is 1.43. The van der Waals surface area contributed by atoms with Crippen molar-refractivity contribution in [1.29, 1.82) is 0 Å². The maximum Gasteiger partial charge on any atom is 0.122 e. The molecule has 1 aliphatic heterocycles. The lowest BCUT2D eigenvalue weighted by atomic mass is 10.0. The lowest BCUT2D eigenvalue weighted by molar-refractivity contribution is 0.357. The molecule has 0 saturated heterocycles. The van der Waals surface area contributed by atoms with E-state index >= 15 is 0 Å². The SMILES string of the molecule is Nc1ccccc1-c1ccc2c(c1)CCO2. The Balaban J connectivity index is 2.11. The highest BCUT2D eigenvalue weighted by Gasteiger charge is 2.13. The number of ether oxygens (including phenoxy) is 1. The summed E-state index contributed by atoms with van der Waals surface area (Å²) in [5, 5.41) is 0. The normalized spacial score (nSPS) is 13.2. The van der Waals surface area contributed by atoms with Crippen molar-refractivity contribution in [3.63, 3.8) is 0 Å². The molecule has 1 aliphatic rings. The van der Waals surface area contributed by atoms with Gasteiger partial charge in [-0.15, -0.1) is 0 Å². The monoisotopic (exact) mass is 211 g/mol. The van der Waals surface area contributed by atoms with E-state index in [1.807, 2.05) is 30.3 Å². The fourth-order valence-electron chi connectivity index (χ4n) is 2.11. The van der Waals surface area contributed by atoms with Crippen LogP contribution in [0, 0.1) is 0 Å². The van der Waals surface area contributed by atoms with Crippen LogP contribution >= 0.6 is 0 Å². The minimum atomic E-state index is 0.795. The zero-order valence-corrected chi connectivity index (χ0v) is 8.94. The lowest BCUT2D eigenvalue weighted by Crippen LogP contribution is -1.89. The number of nitrogens with two attached hydrogens (primary N) is 1. The Morgan fingerprint density at radius 1 is 1.06 bits per heavy atom. The van der Waals surface area contributed by atoms with Crippen LogP contribution in [0.4, 0.5) is 5.69 Å². The average molecular weight is 211 g/mol. The van der Waals surface area contributed by atoms with Gasteiger partial charge < -0.3 is 10.5 Å². The van der Waals surface area contributed by atoms with Gasteiger partial charge in [0.05, 0.1) is 6.61 Å². The van der Waals surface area contributed by atoms with E-state index in [-0.39, 0.29) is 0 Å². The van der Waals surface area contributed by atoms with Crippen LogP contribution in [0.15, 0.2) is 42.5 Å². The van der Waals surface area contributed by atoms with Crippen molar-refractivity contribution >= 4 is 5.69 Å². The third-order valence-electron chi connectivity index (χ3n) is 2.96. The van der Waals surface area contributed by atoms with Gasteiger partial charge in [-0.25, -0.2) is 0 Å². The molecule has 0 saturated carbocycles. The lowest BCUT2D eigenvalue weighted by Gasteiger charge is -2.07. The van der Waals surface area contributed by atoms with Gasteiger partial charge in [0.15, 0.2) is 0 Å². The molecule has 0 unspecified atom stereocenters. The predicted octanol–water partition coefficient (Wildman–Crippen LogP) is 2.87. The van der Waals surface area contributed by atoms with Gasteiger partial charge in [-0.05, 0) is 29.3 Å². The van der Waals surface area contributed by atoms with Crippen LogP contribution < -0.4 is 10.5 Å². The van der Waals surface area contributed by atoms with E-state index < -0.39 is 0 Å². The molecule has 0 atom stereocenters. The first-order valence-corrected chi connectivity index (χ1v) is 5.45. The van der Waals surface area contributed by atoms with E-state index in [2.05, 4.69) is 12.1 Å². The summed E-state index contributed by atoms with van der Waals surface area (Å²) in [6.45, 7) is 0.795. The van der Waals surface area contributed by atoms with Crippen molar-refractivity contribution < 1.29 is 4.74 Å². The highest BCUT2D eigenvalue weighted by atomic mass is 16.5. The predicted molar refractivity (Wildman–Crippen MR) is 65.5 cm³/mol. The van der Waals surface area contributed by atoms with Crippen LogP contribution in [0.1, 0.15) is 5.56 Å². The van der Waals surface area contributed by atoms with Crippen LogP contribution in [0.3, 0.4) is 0 Å². The zero-order valence-electron chi connectivity index (χ0n) is 8.94. The summed E-state index contributed by atoms with van der Waals surface area (Å²) in [5.74, 6) is 1.01. The summed E-state index contributed by atoms with van der Waals surface area (Å²) < 4.78 is 5.49. The molecule has 2 nitrogen and oxygen atoms in total. The zero-order chi connectivity index (χ0) is 11.0. The summed E-state index contributed by atoms with van der Waals surface area (Å²) >= 11 is 0. The van der Waals surface area contributed by atoms with Crippen molar-refractivity contribution in [2.75, 3.05) is 12.3 Å². The van der Waals surface area contributed by atoms with Crippen molar-refractivity contribution in [2.24, 2.45) is 0 Å². The molecule has 2 heteroatoms. The van der Waals surface area contributed by atoms with E-state index in [9.17, 15) is 0 Å². The van der Waals surface area contributed by atoms with Crippen LogP contribution in [0.5, 0.6) is 5.75 Å². The van der Waals surface area contributed by atoms with Gasteiger partial charge in [0, 0.05) is 17.7 Å². The topological polar surface area (TPSA) is 35.2 Å². The number of hydrogen-bond donors (Lipinski definition) is 1. The molecule has 0 bridgehead atoms. The Hall–Kier alpha value is -1.96. The molecular formula is C14H13NO. The van der Waals surface area contributed by atoms with Gasteiger partial charge in [0.2, 0.25) is 0 Å². The second kappa shape index (κ2) is 3.56. The fraction of sp³-hybridized carbons (Fsp3) is 0.143. The second-order valence-electron chi connectivity index (χ2n) is 4.01. The highest BCUT2D eigenvalue weighted by molar-refractivity contribution is 5.77. The maximum atomic E-state index is 5.97. The Kier molecular flexibility index (Phi) is 2.07. The molecular weight excluding hydrogens is 198 g/mol. The number of hydrogen-bond acceptors (Lipinski definition) is 2. The summed E-state index contributed by atoms with van der Waals surface area (Å²) in [4.78, 5) is 0. The smallest absolute Gasteiger partial charge is 0.122 e. The van der Waals surface area contributed by atoms with Crippen molar-refractivity contribution in [3.8, 4) is 16.9 Å². The minimum Gasteiger partial charge on any atom is -0.493 e. The Morgan fingerprint density at radius 3 is 2.81 bits per heavy atom. The number of benzene rings is 2. The Labute approximate surface area is 94.7 Å². The molecule has 0 amide bonds. The molecule has 0 aromatic heterocycles. The fourth-order valence-corrected chi connectivity index (χ4v) is 2.11. The van der Waals surface area contributed by atoms with Crippen molar-refractivity contribution in [2.45, 2.75) is 6.42 Å². The molecule has 2 N–H and O–H groups in total. The van der Waals surface area contributed by atoms with Crippen LogP contribution in [0.2, 0.25) is 0 Å². The van der Waals surface area contributed by atoms with E-state index in [0.29, 0.717) is 0 Å². The third-order valence-corrected chi connectivity index (χ3v) is 2.96. The molecule has 0 fully saturated rings. The van der Waals surface area contributed by atoms with Gasteiger partial charge in [-0.2, -0.15) is 0 Å². The van der Waals surface area contributed by atoms with E-state index in [1.54, 1.807) is 0 Å². The number of nitrogen functional groups attached to an aromatic ring is 1. The Morgan fingerprint density at radius 2 is 1.94 bits per heavy atom.